The molecule has 0 aliphatic carbocycles. The number of nitrogens with zero attached hydrogens (tertiary/aromatic N) is 1. The predicted octanol–water partition coefficient (Wildman–Crippen LogP) is 6.83. The SMILES string of the molecule is CCCCCCCCCCCCOc1cc(O)c(C(=O)c2ccccc2)cc1[N+](=O)[O-]. The van der Waals surface area contributed by atoms with E-state index < -0.39 is 10.7 Å². The lowest BCUT2D eigenvalue weighted by atomic mass is 10.0. The van der Waals surface area contributed by atoms with Gasteiger partial charge >= 0.3 is 5.69 Å². The number of aromatic hydroxyl groups is 1. The number of carbonyl (C=O) groups is 1. The van der Waals surface area contributed by atoms with Gasteiger partial charge in [0.05, 0.1) is 17.1 Å². The average Bonchev–Trinajstić information content (AvgIpc) is 2.77. The van der Waals surface area contributed by atoms with E-state index in [1.54, 1.807) is 30.3 Å². The third-order valence-electron chi connectivity index (χ3n) is 5.31. The van der Waals surface area contributed by atoms with Crippen LogP contribution in [0.25, 0.3) is 0 Å². The lowest BCUT2D eigenvalue weighted by Crippen LogP contribution is -2.05. The summed E-state index contributed by atoms with van der Waals surface area (Å²) in [6.07, 6.45) is 11.9. The minimum absolute atomic E-state index is 0.0111. The Morgan fingerprint density at radius 2 is 1.52 bits per heavy atom. The molecule has 0 aromatic heterocycles. The summed E-state index contributed by atoms with van der Waals surface area (Å²) in [4.78, 5) is 23.5. The van der Waals surface area contributed by atoms with Crippen LogP contribution in [-0.2, 0) is 0 Å². The van der Waals surface area contributed by atoms with Gasteiger partial charge in [-0.25, -0.2) is 0 Å². The topological polar surface area (TPSA) is 89.7 Å². The van der Waals surface area contributed by atoms with E-state index in [4.69, 9.17) is 4.74 Å². The first kappa shape index (κ1) is 24.4. The summed E-state index contributed by atoms with van der Waals surface area (Å²) in [6.45, 7) is 2.55. The molecule has 168 valence electrons. The van der Waals surface area contributed by atoms with Crippen LogP contribution in [0.2, 0.25) is 0 Å². The predicted molar refractivity (Wildman–Crippen MR) is 122 cm³/mol. The van der Waals surface area contributed by atoms with Crippen LogP contribution in [0.5, 0.6) is 11.5 Å². The van der Waals surface area contributed by atoms with Gasteiger partial charge in [-0.05, 0) is 6.42 Å². The molecule has 0 aliphatic heterocycles. The highest BCUT2D eigenvalue weighted by molar-refractivity contribution is 6.11. The number of benzene rings is 2. The van der Waals surface area contributed by atoms with E-state index in [1.807, 2.05) is 0 Å². The molecule has 0 saturated heterocycles. The summed E-state index contributed by atoms with van der Waals surface area (Å²) in [5.74, 6) is -0.803. The van der Waals surface area contributed by atoms with E-state index in [-0.39, 0.29) is 22.7 Å². The third-order valence-corrected chi connectivity index (χ3v) is 5.31. The van der Waals surface area contributed by atoms with Crippen molar-refractivity contribution in [3.8, 4) is 11.5 Å². The number of ketones is 1. The van der Waals surface area contributed by atoms with E-state index in [9.17, 15) is 20.0 Å². The summed E-state index contributed by atoms with van der Waals surface area (Å²) in [7, 11) is 0. The van der Waals surface area contributed by atoms with Gasteiger partial charge in [0.2, 0.25) is 5.75 Å². The number of phenols is 1. The first-order valence-electron chi connectivity index (χ1n) is 11.3. The summed E-state index contributed by atoms with van der Waals surface area (Å²) in [5, 5.41) is 21.8. The highest BCUT2D eigenvalue weighted by Crippen LogP contribution is 2.35. The Bertz CT molecular complexity index is 835. The molecule has 0 fully saturated rings. The van der Waals surface area contributed by atoms with E-state index in [1.165, 1.54) is 51.0 Å². The molecule has 31 heavy (non-hydrogen) atoms. The number of phenolic OH excluding ortho intramolecular Hbond substituents is 1. The highest BCUT2D eigenvalue weighted by Gasteiger charge is 2.23. The van der Waals surface area contributed by atoms with Gasteiger partial charge in [-0.1, -0.05) is 95.0 Å². The van der Waals surface area contributed by atoms with Crippen LogP contribution in [-0.4, -0.2) is 22.4 Å². The van der Waals surface area contributed by atoms with Crippen LogP contribution in [0.3, 0.4) is 0 Å². The average molecular weight is 428 g/mol. The molecule has 0 bridgehead atoms. The molecule has 0 radical (unpaired) electrons. The molecule has 0 spiro atoms. The Kier molecular flexibility index (Phi) is 10.6. The van der Waals surface area contributed by atoms with Gasteiger partial charge in [0, 0.05) is 17.7 Å². The normalized spacial score (nSPS) is 10.7. The molecule has 6 nitrogen and oxygen atoms in total. The van der Waals surface area contributed by atoms with Crippen LogP contribution in [0.15, 0.2) is 42.5 Å². The molecule has 2 aromatic rings. The zero-order chi connectivity index (χ0) is 22.5. The standard InChI is InChI=1S/C25H33NO5/c1-2-3-4-5-6-7-8-9-10-14-17-31-24-19-23(27)21(18-22(24)26(29)30)25(28)20-15-12-11-13-16-20/h11-13,15-16,18-19,27H,2-10,14,17H2,1H3. The second kappa shape index (κ2) is 13.4. The quantitative estimate of drug-likeness (QED) is 0.146. The molecule has 0 heterocycles. The minimum Gasteiger partial charge on any atom is -0.507 e. The molecule has 0 aliphatic rings. The maximum atomic E-state index is 12.6. The molecule has 0 atom stereocenters. The van der Waals surface area contributed by atoms with Crippen molar-refractivity contribution in [1.82, 2.24) is 0 Å². The number of rotatable bonds is 15. The fourth-order valence-electron chi connectivity index (χ4n) is 3.51. The number of nitro benzene ring substituents is 1. The van der Waals surface area contributed by atoms with Gasteiger partial charge < -0.3 is 9.84 Å². The molecular weight excluding hydrogens is 394 g/mol. The van der Waals surface area contributed by atoms with E-state index >= 15 is 0 Å². The van der Waals surface area contributed by atoms with Gasteiger partial charge in [0.1, 0.15) is 5.75 Å². The molecule has 6 heteroatoms. The third kappa shape index (κ3) is 8.04. The van der Waals surface area contributed by atoms with E-state index in [0.717, 1.165) is 25.3 Å². The maximum Gasteiger partial charge on any atom is 0.311 e. The van der Waals surface area contributed by atoms with Gasteiger partial charge in [-0.2, -0.15) is 0 Å². The molecule has 0 unspecified atom stereocenters. The molecule has 2 rings (SSSR count). The Morgan fingerprint density at radius 3 is 2.10 bits per heavy atom. The fourth-order valence-corrected chi connectivity index (χ4v) is 3.51. The lowest BCUT2D eigenvalue weighted by Gasteiger charge is -2.10. The largest absolute Gasteiger partial charge is 0.507 e. The first-order chi connectivity index (χ1) is 15.0. The van der Waals surface area contributed by atoms with Gasteiger partial charge in [-0.3, -0.25) is 14.9 Å². The van der Waals surface area contributed by atoms with Crippen molar-refractivity contribution in [1.29, 1.82) is 0 Å². The van der Waals surface area contributed by atoms with Crippen LogP contribution >= 0.6 is 0 Å². The van der Waals surface area contributed by atoms with E-state index in [0.29, 0.717) is 12.2 Å². The zero-order valence-corrected chi connectivity index (χ0v) is 18.3. The molecule has 0 saturated carbocycles. The number of nitro groups is 1. The van der Waals surface area contributed by atoms with Crippen molar-refractivity contribution < 1.29 is 19.6 Å². The lowest BCUT2D eigenvalue weighted by molar-refractivity contribution is -0.385. The number of unbranched alkanes of at least 4 members (excludes halogenated alkanes) is 9. The number of hydrogen-bond donors (Lipinski definition) is 1. The van der Waals surface area contributed by atoms with Crippen LogP contribution in [0.1, 0.15) is 87.1 Å². The van der Waals surface area contributed by atoms with Crippen molar-refractivity contribution >= 4 is 11.5 Å². The number of ether oxygens (including phenoxy) is 1. The van der Waals surface area contributed by atoms with Crippen molar-refractivity contribution in [2.24, 2.45) is 0 Å². The van der Waals surface area contributed by atoms with Crippen LogP contribution in [0, 0.1) is 10.1 Å². The summed E-state index contributed by atoms with van der Waals surface area (Å²) in [5.41, 5.74) is -0.0699. The smallest absolute Gasteiger partial charge is 0.311 e. The van der Waals surface area contributed by atoms with Crippen molar-refractivity contribution in [2.75, 3.05) is 6.61 Å². The Morgan fingerprint density at radius 1 is 0.935 bits per heavy atom. The van der Waals surface area contributed by atoms with Gasteiger partial charge in [0.15, 0.2) is 5.78 Å². The van der Waals surface area contributed by atoms with Crippen molar-refractivity contribution in [3.63, 3.8) is 0 Å². The number of carbonyl (C=O) groups excluding carboxylic acids is 1. The Hall–Kier alpha value is -2.89. The van der Waals surface area contributed by atoms with Gasteiger partial charge in [-0.15, -0.1) is 0 Å². The second-order valence-corrected chi connectivity index (χ2v) is 7.82. The minimum atomic E-state index is -0.588. The van der Waals surface area contributed by atoms with Crippen LogP contribution < -0.4 is 4.74 Å². The van der Waals surface area contributed by atoms with Crippen molar-refractivity contribution in [2.45, 2.75) is 71.1 Å². The molecule has 0 amide bonds. The molecule has 2 aromatic carbocycles. The molecule has 1 N–H and O–H groups in total. The highest BCUT2D eigenvalue weighted by atomic mass is 16.6. The Balaban J connectivity index is 1.84. The summed E-state index contributed by atoms with van der Waals surface area (Å²) < 4.78 is 5.58. The molecular formula is C25H33NO5. The van der Waals surface area contributed by atoms with Crippen LogP contribution in [0.4, 0.5) is 5.69 Å². The zero-order valence-electron chi connectivity index (χ0n) is 18.3. The first-order valence-corrected chi connectivity index (χ1v) is 11.3. The maximum absolute atomic E-state index is 12.6. The summed E-state index contributed by atoms with van der Waals surface area (Å²) >= 11 is 0. The second-order valence-electron chi connectivity index (χ2n) is 7.82. The monoisotopic (exact) mass is 427 g/mol. The number of hydrogen-bond acceptors (Lipinski definition) is 5. The summed E-state index contributed by atoms with van der Waals surface area (Å²) in [6, 6.07) is 10.6. The van der Waals surface area contributed by atoms with Crippen molar-refractivity contribution in [3.05, 3.63) is 63.7 Å². The Labute approximate surface area is 184 Å². The van der Waals surface area contributed by atoms with E-state index in [2.05, 4.69) is 6.92 Å². The fraction of sp³-hybridized carbons (Fsp3) is 0.480. The van der Waals surface area contributed by atoms with Gasteiger partial charge in [0.25, 0.3) is 0 Å².